The Bertz CT molecular complexity index is 1250. The molecular weight excluding hydrogens is 430 g/mol. The third kappa shape index (κ3) is 4.21. The van der Waals surface area contributed by atoms with E-state index in [-0.39, 0.29) is 11.6 Å². The van der Waals surface area contributed by atoms with Crippen molar-refractivity contribution < 1.29 is 14.3 Å². The fraction of sp³-hybridized carbons (Fsp3) is 0.0870. The Hall–Kier alpha value is -3.49. The van der Waals surface area contributed by atoms with Gasteiger partial charge in [-0.1, -0.05) is 30.3 Å². The average Bonchev–Trinajstić information content (AvgIpc) is 3.39. The number of nitrogens with one attached hydrogen (secondary N) is 1. The van der Waals surface area contributed by atoms with E-state index in [0.717, 1.165) is 32.3 Å². The van der Waals surface area contributed by atoms with Gasteiger partial charge in [0.2, 0.25) is 0 Å². The molecule has 2 aromatic heterocycles. The number of aryl methyl sites for hydroxylation is 1. The fourth-order valence-electron chi connectivity index (χ4n) is 3.23. The predicted octanol–water partition coefficient (Wildman–Crippen LogP) is 5.21. The molecule has 0 aliphatic rings. The first-order chi connectivity index (χ1) is 15.0. The van der Waals surface area contributed by atoms with Crippen LogP contribution in [0.25, 0.3) is 21.7 Å². The highest BCUT2D eigenvalue weighted by atomic mass is 32.1. The Morgan fingerprint density at radius 1 is 1.03 bits per heavy atom. The number of aromatic nitrogens is 1. The van der Waals surface area contributed by atoms with Gasteiger partial charge in [0.1, 0.15) is 21.5 Å². The quantitative estimate of drug-likeness (QED) is 0.423. The molecule has 0 atom stereocenters. The van der Waals surface area contributed by atoms with E-state index in [4.69, 9.17) is 10.5 Å². The van der Waals surface area contributed by atoms with Gasteiger partial charge < -0.3 is 15.8 Å². The van der Waals surface area contributed by atoms with Crippen LogP contribution in [-0.2, 0) is 0 Å². The van der Waals surface area contributed by atoms with Gasteiger partial charge in [0.15, 0.2) is 0 Å². The normalized spacial score (nSPS) is 10.6. The van der Waals surface area contributed by atoms with Gasteiger partial charge in [0, 0.05) is 21.4 Å². The zero-order valence-electron chi connectivity index (χ0n) is 16.8. The first kappa shape index (κ1) is 20.8. The van der Waals surface area contributed by atoms with Gasteiger partial charge in [-0.05, 0) is 36.8 Å². The highest BCUT2D eigenvalue weighted by molar-refractivity contribution is 7.17. The second-order valence-electron chi connectivity index (χ2n) is 6.69. The summed E-state index contributed by atoms with van der Waals surface area (Å²) >= 11 is 2.69. The van der Waals surface area contributed by atoms with Gasteiger partial charge in [0.05, 0.1) is 12.7 Å². The topological polar surface area (TPSA) is 94.3 Å². The lowest BCUT2D eigenvalue weighted by Crippen LogP contribution is -2.17. The molecule has 156 valence electrons. The maximum absolute atomic E-state index is 12.9. The highest BCUT2D eigenvalue weighted by Crippen LogP contribution is 2.40. The molecule has 3 N–H and O–H groups in total. The zero-order chi connectivity index (χ0) is 22.0. The van der Waals surface area contributed by atoms with E-state index in [1.54, 1.807) is 12.5 Å². The van der Waals surface area contributed by atoms with Crippen molar-refractivity contribution in [1.82, 2.24) is 4.98 Å². The van der Waals surface area contributed by atoms with Crippen molar-refractivity contribution in [2.24, 2.45) is 5.73 Å². The standard InChI is InChI=1S/C23H19N3O3S2/c1-13-18(14-6-4-3-5-7-14)19(20(24)27)23(31-13)26-21(28)17-12-30-22(25-17)15-8-10-16(29-2)11-9-15/h3-12H,1-2H3,(H2,24,27)(H,26,28). The number of benzene rings is 2. The number of amides is 2. The smallest absolute Gasteiger partial charge is 0.275 e. The summed E-state index contributed by atoms with van der Waals surface area (Å²) in [6, 6.07) is 17.0. The number of carbonyl (C=O) groups is 2. The average molecular weight is 450 g/mol. The van der Waals surface area contributed by atoms with E-state index in [0.29, 0.717) is 10.6 Å². The summed E-state index contributed by atoms with van der Waals surface area (Å²) in [5.74, 6) is -0.227. The number of thiophene rings is 1. The van der Waals surface area contributed by atoms with Crippen LogP contribution in [0.3, 0.4) is 0 Å². The maximum atomic E-state index is 12.9. The molecule has 6 nitrogen and oxygen atoms in total. The summed E-state index contributed by atoms with van der Waals surface area (Å²) in [6.07, 6.45) is 0. The Morgan fingerprint density at radius 2 is 1.74 bits per heavy atom. The number of hydrogen-bond acceptors (Lipinski definition) is 6. The van der Waals surface area contributed by atoms with E-state index in [9.17, 15) is 9.59 Å². The Balaban J connectivity index is 1.62. The summed E-state index contributed by atoms with van der Waals surface area (Å²) in [7, 11) is 1.61. The van der Waals surface area contributed by atoms with Crippen molar-refractivity contribution in [3.8, 4) is 27.4 Å². The highest BCUT2D eigenvalue weighted by Gasteiger charge is 2.23. The van der Waals surface area contributed by atoms with Crippen molar-refractivity contribution in [1.29, 1.82) is 0 Å². The first-order valence-corrected chi connectivity index (χ1v) is 11.1. The molecule has 0 spiro atoms. The van der Waals surface area contributed by atoms with Crippen molar-refractivity contribution in [3.63, 3.8) is 0 Å². The Morgan fingerprint density at radius 3 is 2.39 bits per heavy atom. The third-order valence-corrected chi connectivity index (χ3v) is 6.61. The number of anilines is 1. The molecular formula is C23H19N3O3S2. The number of thiazole rings is 1. The molecule has 4 aromatic rings. The van der Waals surface area contributed by atoms with E-state index < -0.39 is 5.91 Å². The molecule has 0 radical (unpaired) electrons. The van der Waals surface area contributed by atoms with Crippen LogP contribution in [-0.4, -0.2) is 23.9 Å². The van der Waals surface area contributed by atoms with E-state index in [1.165, 1.54) is 22.7 Å². The van der Waals surface area contributed by atoms with Gasteiger partial charge in [-0.15, -0.1) is 22.7 Å². The van der Waals surface area contributed by atoms with Gasteiger partial charge in [-0.25, -0.2) is 4.98 Å². The summed E-state index contributed by atoms with van der Waals surface area (Å²) in [5, 5.41) is 5.66. The molecule has 31 heavy (non-hydrogen) atoms. The number of carbonyl (C=O) groups excluding carboxylic acids is 2. The molecule has 2 heterocycles. The lowest BCUT2D eigenvalue weighted by molar-refractivity contribution is 0.100. The molecule has 0 saturated heterocycles. The first-order valence-electron chi connectivity index (χ1n) is 9.38. The minimum Gasteiger partial charge on any atom is -0.497 e. The van der Waals surface area contributed by atoms with E-state index in [1.807, 2.05) is 61.5 Å². The molecule has 8 heteroatoms. The molecule has 0 fully saturated rings. The van der Waals surface area contributed by atoms with Crippen LogP contribution in [0.15, 0.2) is 60.0 Å². The lowest BCUT2D eigenvalue weighted by atomic mass is 10.0. The minimum atomic E-state index is -0.587. The van der Waals surface area contributed by atoms with Gasteiger partial charge in [-0.3, -0.25) is 9.59 Å². The maximum Gasteiger partial charge on any atom is 0.275 e. The number of rotatable bonds is 6. The molecule has 0 aliphatic heterocycles. The number of hydrogen-bond donors (Lipinski definition) is 2. The number of nitrogens with zero attached hydrogens (tertiary/aromatic N) is 1. The minimum absolute atomic E-state index is 0.276. The van der Waals surface area contributed by atoms with Crippen LogP contribution in [0.4, 0.5) is 5.00 Å². The van der Waals surface area contributed by atoms with Crippen LogP contribution in [0, 0.1) is 6.92 Å². The van der Waals surface area contributed by atoms with Crippen LogP contribution < -0.4 is 15.8 Å². The predicted molar refractivity (Wildman–Crippen MR) is 125 cm³/mol. The number of primary amides is 1. The fourth-order valence-corrected chi connectivity index (χ4v) is 5.11. The Labute approximate surface area is 187 Å². The van der Waals surface area contributed by atoms with Crippen LogP contribution in [0.5, 0.6) is 5.75 Å². The lowest BCUT2D eigenvalue weighted by Gasteiger charge is -2.06. The van der Waals surface area contributed by atoms with E-state index in [2.05, 4.69) is 10.3 Å². The van der Waals surface area contributed by atoms with Crippen LogP contribution >= 0.6 is 22.7 Å². The molecule has 0 bridgehead atoms. The molecule has 4 rings (SSSR count). The van der Waals surface area contributed by atoms with Gasteiger partial charge in [0.25, 0.3) is 11.8 Å². The monoisotopic (exact) mass is 449 g/mol. The number of nitrogens with two attached hydrogens (primary N) is 1. The molecule has 0 aliphatic carbocycles. The van der Waals surface area contributed by atoms with Crippen molar-refractivity contribution >= 4 is 39.5 Å². The Kier molecular flexibility index (Phi) is 5.83. The molecule has 0 saturated carbocycles. The number of ether oxygens (including phenoxy) is 1. The zero-order valence-corrected chi connectivity index (χ0v) is 18.5. The van der Waals surface area contributed by atoms with Gasteiger partial charge in [-0.2, -0.15) is 0 Å². The third-order valence-electron chi connectivity index (χ3n) is 4.69. The second kappa shape index (κ2) is 8.71. The van der Waals surface area contributed by atoms with Crippen molar-refractivity contribution in [3.05, 3.63) is 76.1 Å². The molecule has 2 amide bonds. The second-order valence-corrected chi connectivity index (χ2v) is 8.77. The number of methoxy groups -OCH3 is 1. The van der Waals surface area contributed by atoms with Crippen molar-refractivity contribution in [2.45, 2.75) is 6.92 Å². The van der Waals surface area contributed by atoms with Crippen molar-refractivity contribution in [2.75, 3.05) is 12.4 Å². The van der Waals surface area contributed by atoms with Gasteiger partial charge >= 0.3 is 0 Å². The summed E-state index contributed by atoms with van der Waals surface area (Å²) < 4.78 is 5.17. The summed E-state index contributed by atoms with van der Waals surface area (Å²) in [4.78, 5) is 30.4. The van der Waals surface area contributed by atoms with Crippen LogP contribution in [0.1, 0.15) is 25.7 Å². The largest absolute Gasteiger partial charge is 0.497 e. The SMILES string of the molecule is COc1ccc(-c2nc(C(=O)Nc3sc(C)c(-c4ccccc4)c3C(N)=O)cs2)cc1. The van der Waals surface area contributed by atoms with E-state index >= 15 is 0 Å². The molecule has 0 unspecified atom stereocenters. The summed E-state index contributed by atoms with van der Waals surface area (Å²) in [5.41, 5.74) is 8.77. The van der Waals surface area contributed by atoms with Crippen LogP contribution in [0.2, 0.25) is 0 Å². The summed E-state index contributed by atoms with van der Waals surface area (Å²) in [6.45, 7) is 1.90. The molecule has 2 aromatic carbocycles.